The summed E-state index contributed by atoms with van der Waals surface area (Å²) in [6.45, 7) is 5.05. The molecule has 0 aliphatic heterocycles. The Labute approximate surface area is 254 Å². The summed E-state index contributed by atoms with van der Waals surface area (Å²) in [4.78, 5) is 12.7. The van der Waals surface area contributed by atoms with Gasteiger partial charge in [-0.1, -0.05) is 54.1 Å². The Morgan fingerprint density at radius 3 is 2.31 bits per heavy atom. The van der Waals surface area contributed by atoms with E-state index in [0.29, 0.717) is 51.9 Å². The predicted molar refractivity (Wildman–Crippen MR) is 167 cm³/mol. The molecule has 0 bridgehead atoms. The lowest BCUT2D eigenvalue weighted by molar-refractivity contribution is -0.112. The molecule has 7 nitrogen and oxygen atoms in total. The Kier molecular flexibility index (Phi) is 10.6. The van der Waals surface area contributed by atoms with Crippen LogP contribution in [0, 0.1) is 18.3 Å². The molecule has 4 rings (SSSR count). The molecule has 4 aromatic rings. The number of nitrogens with one attached hydrogen (secondary N) is 1. The lowest BCUT2D eigenvalue weighted by Crippen LogP contribution is -2.13. The monoisotopic (exact) mass is 626 g/mol. The van der Waals surface area contributed by atoms with Gasteiger partial charge in [-0.2, -0.15) is 5.26 Å². The predicted octanol–water partition coefficient (Wildman–Crippen LogP) is 7.87. The number of halogens is 1. The highest BCUT2D eigenvalue weighted by atomic mass is 79.9. The molecule has 1 N–H and O–H groups in total. The van der Waals surface area contributed by atoms with Gasteiger partial charge in [-0.3, -0.25) is 4.79 Å². The van der Waals surface area contributed by atoms with Crippen molar-refractivity contribution in [3.63, 3.8) is 0 Å². The van der Waals surface area contributed by atoms with Gasteiger partial charge in [0.25, 0.3) is 5.91 Å². The van der Waals surface area contributed by atoms with Crippen molar-refractivity contribution in [3.05, 3.63) is 117 Å². The Morgan fingerprint density at radius 1 is 0.881 bits per heavy atom. The Morgan fingerprint density at radius 2 is 1.62 bits per heavy atom. The van der Waals surface area contributed by atoms with E-state index in [0.717, 1.165) is 16.7 Å². The zero-order chi connectivity index (χ0) is 29.9. The highest BCUT2D eigenvalue weighted by molar-refractivity contribution is 9.10. The maximum atomic E-state index is 12.7. The number of carbonyl (C=O) groups excluding carboxylic acids is 1. The number of nitriles is 1. The van der Waals surface area contributed by atoms with E-state index in [4.69, 9.17) is 18.9 Å². The molecular formula is C34H31BrN2O5. The van der Waals surface area contributed by atoms with Gasteiger partial charge in [-0.05, 0) is 88.9 Å². The number of carbonyl (C=O) groups is 1. The van der Waals surface area contributed by atoms with Crippen LogP contribution in [0.25, 0.3) is 6.08 Å². The molecule has 0 atom stereocenters. The van der Waals surface area contributed by atoms with Crippen LogP contribution in [-0.2, 0) is 18.0 Å². The maximum Gasteiger partial charge on any atom is 0.266 e. The van der Waals surface area contributed by atoms with E-state index in [1.165, 1.54) is 13.2 Å². The van der Waals surface area contributed by atoms with Gasteiger partial charge in [-0.25, -0.2) is 0 Å². The summed E-state index contributed by atoms with van der Waals surface area (Å²) < 4.78 is 24.2. The normalized spacial score (nSPS) is 10.9. The Hall–Kier alpha value is -4.74. The van der Waals surface area contributed by atoms with E-state index in [2.05, 4.69) is 21.2 Å². The van der Waals surface area contributed by atoms with Crippen molar-refractivity contribution in [2.75, 3.05) is 19.0 Å². The minimum absolute atomic E-state index is 0.0452. The third kappa shape index (κ3) is 8.15. The maximum absolute atomic E-state index is 12.7. The largest absolute Gasteiger partial charge is 0.493 e. The minimum Gasteiger partial charge on any atom is -0.493 e. The van der Waals surface area contributed by atoms with Crippen LogP contribution < -0.4 is 24.3 Å². The van der Waals surface area contributed by atoms with Crippen molar-refractivity contribution in [2.45, 2.75) is 27.1 Å². The second kappa shape index (κ2) is 14.8. The van der Waals surface area contributed by atoms with Gasteiger partial charge in [0.05, 0.1) is 18.2 Å². The number of benzene rings is 4. The summed E-state index contributed by atoms with van der Waals surface area (Å²) >= 11 is 3.55. The highest BCUT2D eigenvalue weighted by Gasteiger charge is 2.15. The number of ether oxygens (including phenoxy) is 4. The van der Waals surface area contributed by atoms with E-state index in [9.17, 15) is 10.1 Å². The molecule has 214 valence electrons. The first kappa shape index (κ1) is 30.2. The quantitative estimate of drug-likeness (QED) is 0.127. The van der Waals surface area contributed by atoms with Crippen molar-refractivity contribution in [1.29, 1.82) is 5.26 Å². The molecule has 0 heterocycles. The third-order valence-corrected chi connectivity index (χ3v) is 6.75. The van der Waals surface area contributed by atoms with Gasteiger partial charge in [0.15, 0.2) is 23.0 Å². The summed E-state index contributed by atoms with van der Waals surface area (Å²) in [5.74, 6) is 1.71. The van der Waals surface area contributed by atoms with Crippen LogP contribution in [0.3, 0.4) is 0 Å². The fraction of sp³-hybridized carbons (Fsp3) is 0.176. The number of hydrogen-bond donors (Lipinski definition) is 1. The first-order chi connectivity index (χ1) is 20.4. The number of hydrogen-bond acceptors (Lipinski definition) is 6. The fourth-order valence-corrected chi connectivity index (χ4v) is 4.61. The van der Waals surface area contributed by atoms with Gasteiger partial charge in [0.1, 0.15) is 24.9 Å². The molecule has 0 saturated heterocycles. The lowest BCUT2D eigenvalue weighted by atomic mass is 10.1. The number of anilines is 1. The highest BCUT2D eigenvalue weighted by Crippen LogP contribution is 2.38. The molecule has 8 heteroatoms. The fourth-order valence-electron chi connectivity index (χ4n) is 4.03. The smallest absolute Gasteiger partial charge is 0.266 e. The van der Waals surface area contributed by atoms with Crippen molar-refractivity contribution in [3.8, 4) is 29.1 Å². The first-order valence-corrected chi connectivity index (χ1v) is 14.1. The first-order valence-electron chi connectivity index (χ1n) is 13.3. The third-order valence-electron chi connectivity index (χ3n) is 6.17. The van der Waals surface area contributed by atoms with Crippen LogP contribution in [0.15, 0.2) is 95.0 Å². The number of amides is 1. The standard InChI is InChI=1S/C34H31BrN2O5/c1-4-40-31-18-25(12-15-30(31)41-21-24-8-6-5-7-9-24)22-42-33-29(35)17-26(19-32(33)39-3)16-27(20-36)34(38)37-28-13-10-23(2)11-14-28/h5-19H,4,21-22H2,1-3H3,(H,37,38)/b27-16-. The van der Waals surface area contributed by atoms with Crippen LogP contribution in [0.2, 0.25) is 0 Å². The molecule has 0 aliphatic carbocycles. The van der Waals surface area contributed by atoms with Gasteiger partial charge in [0.2, 0.25) is 0 Å². The summed E-state index contributed by atoms with van der Waals surface area (Å²) in [6, 6.07) is 28.4. The number of methoxy groups -OCH3 is 1. The second-order valence-corrected chi connectivity index (χ2v) is 10.2. The molecule has 4 aromatic carbocycles. The zero-order valence-electron chi connectivity index (χ0n) is 23.6. The molecule has 0 radical (unpaired) electrons. The van der Waals surface area contributed by atoms with E-state index >= 15 is 0 Å². The minimum atomic E-state index is -0.502. The van der Waals surface area contributed by atoms with Crippen LogP contribution in [0.4, 0.5) is 5.69 Å². The van der Waals surface area contributed by atoms with E-state index < -0.39 is 5.91 Å². The molecule has 0 fully saturated rings. The van der Waals surface area contributed by atoms with Crippen molar-refractivity contribution in [2.24, 2.45) is 0 Å². The van der Waals surface area contributed by atoms with Crippen LogP contribution in [-0.4, -0.2) is 19.6 Å². The summed E-state index contributed by atoms with van der Waals surface area (Å²) in [6.07, 6.45) is 1.50. The van der Waals surface area contributed by atoms with Crippen LogP contribution in [0.1, 0.15) is 29.2 Å². The van der Waals surface area contributed by atoms with Gasteiger partial charge in [-0.15, -0.1) is 0 Å². The van der Waals surface area contributed by atoms with Gasteiger partial charge < -0.3 is 24.3 Å². The molecule has 0 spiro atoms. The Bertz CT molecular complexity index is 1600. The van der Waals surface area contributed by atoms with Crippen LogP contribution >= 0.6 is 15.9 Å². The summed E-state index contributed by atoms with van der Waals surface area (Å²) in [7, 11) is 1.53. The number of rotatable bonds is 12. The zero-order valence-corrected chi connectivity index (χ0v) is 25.2. The van der Waals surface area contributed by atoms with Crippen molar-refractivity contribution >= 4 is 33.6 Å². The average Bonchev–Trinajstić information content (AvgIpc) is 3.00. The number of aryl methyl sites for hydroxylation is 1. The molecule has 42 heavy (non-hydrogen) atoms. The topological polar surface area (TPSA) is 89.8 Å². The summed E-state index contributed by atoms with van der Waals surface area (Å²) in [5, 5.41) is 12.4. The van der Waals surface area contributed by atoms with Gasteiger partial charge in [0, 0.05) is 5.69 Å². The lowest BCUT2D eigenvalue weighted by Gasteiger charge is -2.16. The molecule has 0 unspecified atom stereocenters. The van der Waals surface area contributed by atoms with Crippen LogP contribution in [0.5, 0.6) is 23.0 Å². The molecule has 0 aromatic heterocycles. The van der Waals surface area contributed by atoms with E-state index in [1.807, 2.05) is 80.6 Å². The molecule has 0 saturated carbocycles. The molecular weight excluding hydrogens is 596 g/mol. The summed E-state index contributed by atoms with van der Waals surface area (Å²) in [5.41, 5.74) is 4.18. The van der Waals surface area contributed by atoms with E-state index in [-0.39, 0.29) is 12.2 Å². The number of nitrogens with zero attached hydrogens (tertiary/aromatic N) is 1. The van der Waals surface area contributed by atoms with Crippen molar-refractivity contribution < 1.29 is 23.7 Å². The SMILES string of the molecule is CCOc1cc(COc2c(Br)cc(/C=C(/C#N)C(=O)Nc3ccc(C)cc3)cc2OC)ccc1OCc1ccccc1. The molecule has 1 amide bonds. The Balaban J connectivity index is 1.48. The van der Waals surface area contributed by atoms with E-state index in [1.54, 1.807) is 24.3 Å². The van der Waals surface area contributed by atoms with Gasteiger partial charge >= 0.3 is 0 Å². The average molecular weight is 628 g/mol. The molecule has 0 aliphatic rings. The second-order valence-electron chi connectivity index (χ2n) is 9.30. The van der Waals surface area contributed by atoms with Crippen molar-refractivity contribution in [1.82, 2.24) is 0 Å².